The summed E-state index contributed by atoms with van der Waals surface area (Å²) < 4.78 is 0. The molecule has 2 aromatic rings. The van der Waals surface area contributed by atoms with Crippen LogP contribution in [0.3, 0.4) is 0 Å². The molecule has 62 valence electrons. The van der Waals surface area contributed by atoms with E-state index in [4.69, 9.17) is 0 Å². The fourth-order valence-electron chi connectivity index (χ4n) is 0.911. The van der Waals surface area contributed by atoms with E-state index in [0.717, 1.165) is 0 Å². The van der Waals surface area contributed by atoms with Crippen LogP contribution in [0.25, 0.3) is 11.2 Å². The van der Waals surface area contributed by atoms with E-state index in [0.29, 0.717) is 0 Å². The summed E-state index contributed by atoms with van der Waals surface area (Å²) in [5, 5.41) is 10.6. The van der Waals surface area contributed by atoms with Gasteiger partial charge in [0, 0.05) is 0 Å². The molecule has 0 aliphatic rings. The van der Waals surface area contributed by atoms with Crippen LogP contribution in [-0.4, -0.2) is 57.7 Å². The van der Waals surface area contributed by atoms with Crippen molar-refractivity contribution < 1.29 is 5.11 Å². The SMILES string of the molecule is O=c1[nH]c2nc([O-])[nH]c(=O)c2[nH]1.[Ca+2]. The molecule has 0 saturated carbocycles. The Hall–Kier alpha value is -0.790. The van der Waals surface area contributed by atoms with Crippen LogP contribution in [0.4, 0.5) is 0 Å². The zero-order valence-corrected chi connectivity index (χ0v) is 8.59. The molecule has 0 atom stereocenters. The standard InChI is InChI=1S/C5H4N4O3.Ca/c10-3-1-2(7-4(11)6-1)8-5(12)9-3;/h(H4,6,7,8,9,10,11,12);/q;+2/p-1. The number of hydrogen-bond donors (Lipinski definition) is 3. The molecule has 8 heteroatoms. The van der Waals surface area contributed by atoms with Crippen molar-refractivity contribution in [1.29, 1.82) is 0 Å². The van der Waals surface area contributed by atoms with E-state index in [1.165, 1.54) is 0 Å². The maximum atomic E-state index is 10.9. The van der Waals surface area contributed by atoms with Crippen LogP contribution in [-0.2, 0) is 0 Å². The first-order chi connectivity index (χ1) is 5.66. The molecule has 0 saturated heterocycles. The Morgan fingerprint density at radius 1 is 1.15 bits per heavy atom. The Labute approximate surface area is 100 Å². The first kappa shape index (κ1) is 10.3. The van der Waals surface area contributed by atoms with Crippen LogP contribution in [0.1, 0.15) is 0 Å². The third-order valence-electron chi connectivity index (χ3n) is 1.37. The average Bonchev–Trinajstić information content (AvgIpc) is 2.29. The molecule has 2 aromatic heterocycles. The van der Waals surface area contributed by atoms with Gasteiger partial charge in [0.15, 0.2) is 11.2 Å². The van der Waals surface area contributed by atoms with Gasteiger partial charge in [-0.15, -0.1) is 0 Å². The summed E-state index contributed by atoms with van der Waals surface area (Å²) in [6.07, 6.45) is 0. The second-order valence-corrected chi connectivity index (χ2v) is 2.17. The van der Waals surface area contributed by atoms with Crippen LogP contribution in [0.5, 0.6) is 6.01 Å². The van der Waals surface area contributed by atoms with Gasteiger partial charge >= 0.3 is 43.4 Å². The third kappa shape index (κ3) is 1.77. The second kappa shape index (κ2) is 3.52. The Kier molecular flexibility index (Phi) is 2.79. The van der Waals surface area contributed by atoms with Crippen molar-refractivity contribution in [3.63, 3.8) is 0 Å². The minimum atomic E-state index is -0.775. The van der Waals surface area contributed by atoms with E-state index < -0.39 is 17.3 Å². The fraction of sp³-hybridized carbons (Fsp3) is 0. The maximum Gasteiger partial charge on any atom is 2.00 e. The molecule has 7 nitrogen and oxygen atoms in total. The normalized spacial score (nSPS) is 9.85. The first-order valence-electron chi connectivity index (χ1n) is 3.06. The molecule has 0 bridgehead atoms. The summed E-state index contributed by atoms with van der Waals surface area (Å²) in [5.41, 5.74) is -1.25. The number of aromatic amines is 3. The third-order valence-corrected chi connectivity index (χ3v) is 1.37. The topological polar surface area (TPSA) is 117 Å². The number of H-pyrrole nitrogens is 3. The van der Waals surface area contributed by atoms with Crippen LogP contribution in [0.15, 0.2) is 9.59 Å². The number of nitrogens with one attached hydrogen (secondary N) is 3. The van der Waals surface area contributed by atoms with Gasteiger partial charge in [-0.05, 0) is 0 Å². The second-order valence-electron chi connectivity index (χ2n) is 2.17. The van der Waals surface area contributed by atoms with Crippen molar-refractivity contribution in [1.82, 2.24) is 19.9 Å². The van der Waals surface area contributed by atoms with E-state index in [-0.39, 0.29) is 48.9 Å². The Balaban J connectivity index is 0.000000845. The molecule has 2 rings (SSSR count). The van der Waals surface area contributed by atoms with Gasteiger partial charge in [-0.1, -0.05) is 0 Å². The molecule has 0 aliphatic carbocycles. The van der Waals surface area contributed by atoms with Crippen molar-refractivity contribution >= 4 is 48.9 Å². The van der Waals surface area contributed by atoms with Gasteiger partial charge in [0.25, 0.3) is 5.56 Å². The van der Waals surface area contributed by atoms with Gasteiger partial charge in [-0.25, -0.2) is 9.78 Å². The minimum absolute atomic E-state index is 0. The van der Waals surface area contributed by atoms with E-state index in [2.05, 4.69) is 15.0 Å². The number of rotatable bonds is 0. The molecule has 0 aromatic carbocycles. The summed E-state index contributed by atoms with van der Waals surface area (Å²) in [5.74, 6) is 0. The molecule has 0 radical (unpaired) electrons. The molecular weight excluding hydrogens is 204 g/mol. The molecule has 2 heterocycles. The summed E-state index contributed by atoms with van der Waals surface area (Å²) in [6, 6.07) is -0.775. The average molecular weight is 207 g/mol. The monoisotopic (exact) mass is 207 g/mol. The zero-order chi connectivity index (χ0) is 8.72. The molecule has 0 fully saturated rings. The van der Waals surface area contributed by atoms with Gasteiger partial charge < -0.3 is 10.1 Å². The molecule has 3 N–H and O–H groups in total. The zero-order valence-electron chi connectivity index (χ0n) is 6.38. The first-order valence-corrected chi connectivity index (χ1v) is 3.06. The van der Waals surface area contributed by atoms with Gasteiger partial charge in [-0.3, -0.25) is 14.8 Å². The fourth-order valence-corrected chi connectivity index (χ4v) is 0.911. The number of fused-ring (bicyclic) bond motifs is 1. The van der Waals surface area contributed by atoms with Crippen molar-refractivity contribution in [2.24, 2.45) is 0 Å². The van der Waals surface area contributed by atoms with Crippen molar-refractivity contribution in [3.05, 3.63) is 20.8 Å². The number of hydrogen-bond acceptors (Lipinski definition) is 4. The number of aromatic nitrogens is 4. The largest absolute Gasteiger partial charge is 2.00 e. The Morgan fingerprint density at radius 2 is 1.85 bits per heavy atom. The number of nitrogens with zero attached hydrogens (tertiary/aromatic N) is 1. The molecule has 13 heavy (non-hydrogen) atoms. The van der Waals surface area contributed by atoms with Crippen molar-refractivity contribution in [3.8, 4) is 6.01 Å². The predicted molar refractivity (Wildman–Crippen MR) is 42.5 cm³/mol. The van der Waals surface area contributed by atoms with Gasteiger partial charge in [0.2, 0.25) is 0 Å². The van der Waals surface area contributed by atoms with Crippen LogP contribution in [0, 0.1) is 0 Å². The summed E-state index contributed by atoms with van der Waals surface area (Å²) >= 11 is 0. The summed E-state index contributed by atoms with van der Waals surface area (Å²) in [7, 11) is 0. The van der Waals surface area contributed by atoms with Crippen LogP contribution < -0.4 is 16.4 Å². The Morgan fingerprint density at radius 3 is 2.54 bits per heavy atom. The van der Waals surface area contributed by atoms with E-state index in [1.807, 2.05) is 4.98 Å². The van der Waals surface area contributed by atoms with Gasteiger partial charge in [-0.2, -0.15) is 0 Å². The summed E-state index contributed by atoms with van der Waals surface area (Å²) in [6.45, 7) is 0. The van der Waals surface area contributed by atoms with Crippen molar-refractivity contribution in [2.75, 3.05) is 0 Å². The van der Waals surface area contributed by atoms with Gasteiger partial charge in [0.1, 0.15) is 0 Å². The van der Waals surface area contributed by atoms with Crippen LogP contribution in [0.2, 0.25) is 0 Å². The minimum Gasteiger partial charge on any atom is -0.846 e. The molecule has 0 aliphatic heterocycles. The van der Waals surface area contributed by atoms with Crippen LogP contribution >= 0.6 is 0 Å². The quantitative estimate of drug-likeness (QED) is 0.418. The maximum absolute atomic E-state index is 10.9. The summed E-state index contributed by atoms with van der Waals surface area (Å²) in [4.78, 5) is 31.2. The molecule has 0 unspecified atom stereocenters. The Bertz CT molecular complexity index is 538. The van der Waals surface area contributed by atoms with E-state index >= 15 is 0 Å². The van der Waals surface area contributed by atoms with E-state index in [1.54, 1.807) is 0 Å². The van der Waals surface area contributed by atoms with E-state index in [9.17, 15) is 14.7 Å². The van der Waals surface area contributed by atoms with Gasteiger partial charge in [0.05, 0.1) is 6.01 Å². The molecular formula is C5H3CaN4O3+. The predicted octanol–water partition coefficient (Wildman–Crippen LogP) is -2.37. The molecule has 0 spiro atoms. The molecule has 0 amide bonds. The smallest absolute Gasteiger partial charge is 0.846 e. The van der Waals surface area contributed by atoms with Crippen molar-refractivity contribution in [2.45, 2.75) is 0 Å². The number of imidazole rings is 1.